The molecule has 2 aromatic rings. The van der Waals surface area contributed by atoms with Crippen molar-refractivity contribution in [2.75, 3.05) is 17.2 Å². The van der Waals surface area contributed by atoms with E-state index in [4.69, 9.17) is 5.73 Å². The van der Waals surface area contributed by atoms with Gasteiger partial charge in [0, 0.05) is 24.7 Å². The summed E-state index contributed by atoms with van der Waals surface area (Å²) >= 11 is 1.41. The van der Waals surface area contributed by atoms with Crippen LogP contribution in [0.1, 0.15) is 50.4 Å². The van der Waals surface area contributed by atoms with Gasteiger partial charge < -0.3 is 15.2 Å². The lowest BCUT2D eigenvalue weighted by Crippen LogP contribution is -2.35. The summed E-state index contributed by atoms with van der Waals surface area (Å²) in [4.78, 5) is 25.8. The summed E-state index contributed by atoms with van der Waals surface area (Å²) < 4.78 is 2.19. The Kier molecular flexibility index (Phi) is 7.08. The van der Waals surface area contributed by atoms with Crippen molar-refractivity contribution in [1.82, 2.24) is 14.8 Å². The maximum Gasteiger partial charge on any atom is 0.237 e. The number of aromatic nitrogens is 3. The maximum atomic E-state index is 12.9. The molecule has 0 spiro atoms. The molecule has 1 aromatic carbocycles. The second-order valence-electron chi connectivity index (χ2n) is 7.08. The average Bonchev–Trinajstić information content (AvgIpc) is 3.08. The van der Waals surface area contributed by atoms with Crippen LogP contribution < -0.4 is 10.6 Å². The molecule has 2 amide bonds. The molecule has 150 valence electrons. The van der Waals surface area contributed by atoms with Gasteiger partial charge in [-0.2, -0.15) is 0 Å². The van der Waals surface area contributed by atoms with E-state index in [1.807, 2.05) is 37.3 Å². The van der Waals surface area contributed by atoms with Crippen molar-refractivity contribution in [1.29, 1.82) is 0 Å². The molecule has 1 aliphatic rings. The zero-order valence-electron chi connectivity index (χ0n) is 16.2. The van der Waals surface area contributed by atoms with Crippen molar-refractivity contribution < 1.29 is 9.59 Å². The van der Waals surface area contributed by atoms with Crippen molar-refractivity contribution in [3.05, 3.63) is 36.2 Å². The molecule has 1 aromatic heterocycles. The number of benzene rings is 1. The van der Waals surface area contributed by atoms with Gasteiger partial charge in [0.2, 0.25) is 11.8 Å². The molecule has 8 heteroatoms. The van der Waals surface area contributed by atoms with Gasteiger partial charge >= 0.3 is 0 Å². The van der Waals surface area contributed by atoms with Gasteiger partial charge in [0.25, 0.3) is 0 Å². The molecule has 1 aliphatic carbocycles. The minimum atomic E-state index is -0.422. The lowest BCUT2D eigenvalue weighted by Gasteiger charge is -2.25. The highest BCUT2D eigenvalue weighted by molar-refractivity contribution is 7.99. The second kappa shape index (κ2) is 9.73. The lowest BCUT2D eigenvalue weighted by molar-refractivity contribution is -0.118. The number of nitrogens with two attached hydrogens (primary N) is 1. The fourth-order valence-corrected chi connectivity index (χ4v) is 4.57. The van der Waals surface area contributed by atoms with Crippen molar-refractivity contribution >= 4 is 29.3 Å². The SMILES string of the molecule is Cc1nnc(SCC(=O)N(CCC(N)=O)c2ccccc2)n1C1CCCCC1. The normalized spacial score (nSPS) is 14.8. The third-order valence-electron chi connectivity index (χ3n) is 5.05. The quantitative estimate of drug-likeness (QED) is 0.686. The zero-order chi connectivity index (χ0) is 19.9. The first-order valence-corrected chi connectivity index (χ1v) is 10.7. The minimum Gasteiger partial charge on any atom is -0.370 e. The molecule has 0 atom stereocenters. The van der Waals surface area contributed by atoms with E-state index < -0.39 is 5.91 Å². The number of hydrogen-bond donors (Lipinski definition) is 1. The Labute approximate surface area is 169 Å². The number of para-hydroxylation sites is 1. The van der Waals surface area contributed by atoms with Crippen molar-refractivity contribution in [2.45, 2.75) is 56.6 Å². The predicted molar refractivity (Wildman–Crippen MR) is 110 cm³/mol. The van der Waals surface area contributed by atoms with Crippen LogP contribution in [0.15, 0.2) is 35.5 Å². The number of nitrogens with zero attached hydrogens (tertiary/aromatic N) is 4. The molecular weight excluding hydrogens is 374 g/mol. The van der Waals surface area contributed by atoms with Gasteiger partial charge in [-0.1, -0.05) is 49.2 Å². The van der Waals surface area contributed by atoms with Crippen LogP contribution >= 0.6 is 11.8 Å². The zero-order valence-corrected chi connectivity index (χ0v) is 17.0. The first-order valence-electron chi connectivity index (χ1n) is 9.74. The van der Waals surface area contributed by atoms with Gasteiger partial charge in [-0.05, 0) is 31.9 Å². The monoisotopic (exact) mass is 401 g/mol. The number of carbonyl (C=O) groups is 2. The highest BCUT2D eigenvalue weighted by atomic mass is 32.2. The van der Waals surface area contributed by atoms with Crippen LogP contribution in [-0.4, -0.2) is 38.9 Å². The van der Waals surface area contributed by atoms with E-state index in [1.165, 1.54) is 31.0 Å². The van der Waals surface area contributed by atoms with E-state index in [2.05, 4.69) is 14.8 Å². The van der Waals surface area contributed by atoms with Gasteiger partial charge in [-0.3, -0.25) is 9.59 Å². The lowest BCUT2D eigenvalue weighted by atomic mass is 9.95. The van der Waals surface area contributed by atoms with Crippen LogP contribution in [0.25, 0.3) is 0 Å². The van der Waals surface area contributed by atoms with E-state index in [9.17, 15) is 9.59 Å². The Morgan fingerprint density at radius 1 is 1.18 bits per heavy atom. The number of carbonyl (C=O) groups excluding carboxylic acids is 2. The Morgan fingerprint density at radius 3 is 2.57 bits per heavy atom. The van der Waals surface area contributed by atoms with Gasteiger partial charge in [-0.25, -0.2) is 0 Å². The van der Waals surface area contributed by atoms with Gasteiger partial charge in [-0.15, -0.1) is 10.2 Å². The number of amides is 2. The van der Waals surface area contributed by atoms with Crippen LogP contribution in [0.4, 0.5) is 5.69 Å². The molecule has 28 heavy (non-hydrogen) atoms. The predicted octanol–water partition coefficient (Wildman–Crippen LogP) is 3.09. The Balaban J connectivity index is 1.70. The number of primary amides is 1. The van der Waals surface area contributed by atoms with Gasteiger partial charge in [0.05, 0.1) is 5.75 Å². The molecule has 7 nitrogen and oxygen atoms in total. The van der Waals surface area contributed by atoms with Crippen molar-refractivity contribution in [3.63, 3.8) is 0 Å². The van der Waals surface area contributed by atoms with Gasteiger partial charge in [0.15, 0.2) is 5.16 Å². The molecule has 1 heterocycles. The van der Waals surface area contributed by atoms with Crippen LogP contribution in [0, 0.1) is 6.92 Å². The topological polar surface area (TPSA) is 94.1 Å². The number of aryl methyl sites for hydroxylation is 1. The molecule has 0 aliphatic heterocycles. The number of hydrogen-bond acceptors (Lipinski definition) is 5. The molecule has 3 rings (SSSR count). The van der Waals surface area contributed by atoms with E-state index >= 15 is 0 Å². The molecule has 0 unspecified atom stereocenters. The summed E-state index contributed by atoms with van der Waals surface area (Å²) in [5.74, 6) is 0.635. The highest BCUT2D eigenvalue weighted by Crippen LogP contribution is 2.32. The summed E-state index contributed by atoms with van der Waals surface area (Å²) in [5.41, 5.74) is 6.05. The van der Waals surface area contributed by atoms with Crippen LogP contribution in [0.3, 0.4) is 0 Å². The molecule has 0 saturated heterocycles. The molecular formula is C20H27N5O2S. The van der Waals surface area contributed by atoms with Crippen LogP contribution in [0.5, 0.6) is 0 Å². The van der Waals surface area contributed by atoms with Crippen molar-refractivity contribution in [3.8, 4) is 0 Å². The standard InChI is InChI=1S/C20H27N5O2S/c1-15-22-23-20(25(15)17-10-6-3-7-11-17)28-14-19(27)24(13-12-18(21)26)16-8-4-2-5-9-16/h2,4-5,8-9,17H,3,6-7,10-14H2,1H3,(H2,21,26). The maximum absolute atomic E-state index is 12.9. The summed E-state index contributed by atoms with van der Waals surface area (Å²) in [6.07, 6.45) is 6.12. The van der Waals surface area contributed by atoms with E-state index in [0.29, 0.717) is 6.04 Å². The first-order chi connectivity index (χ1) is 13.6. The number of anilines is 1. The summed E-state index contributed by atoms with van der Waals surface area (Å²) in [6.45, 7) is 2.24. The van der Waals surface area contributed by atoms with E-state index in [0.717, 1.165) is 29.5 Å². The van der Waals surface area contributed by atoms with Crippen molar-refractivity contribution in [2.24, 2.45) is 5.73 Å². The van der Waals surface area contributed by atoms with Crippen LogP contribution in [-0.2, 0) is 9.59 Å². The highest BCUT2D eigenvalue weighted by Gasteiger charge is 2.23. The Hall–Kier alpha value is -2.35. The Morgan fingerprint density at radius 2 is 1.89 bits per heavy atom. The largest absolute Gasteiger partial charge is 0.370 e. The third kappa shape index (κ3) is 5.13. The minimum absolute atomic E-state index is 0.0757. The number of thioether (sulfide) groups is 1. The second-order valence-corrected chi connectivity index (χ2v) is 8.02. The van der Waals surface area contributed by atoms with E-state index in [1.54, 1.807) is 4.90 Å². The molecule has 2 N–H and O–H groups in total. The molecule has 0 bridgehead atoms. The summed E-state index contributed by atoms with van der Waals surface area (Å²) in [7, 11) is 0. The Bertz CT molecular complexity index is 802. The fourth-order valence-electron chi connectivity index (χ4n) is 3.64. The van der Waals surface area contributed by atoms with Gasteiger partial charge in [0.1, 0.15) is 5.82 Å². The van der Waals surface area contributed by atoms with E-state index in [-0.39, 0.29) is 24.6 Å². The average molecular weight is 402 g/mol. The fraction of sp³-hybridized carbons (Fsp3) is 0.500. The smallest absolute Gasteiger partial charge is 0.237 e. The molecule has 0 radical (unpaired) electrons. The van der Waals surface area contributed by atoms with Crippen LogP contribution in [0.2, 0.25) is 0 Å². The summed E-state index contributed by atoms with van der Waals surface area (Å²) in [6, 6.07) is 9.77. The third-order valence-corrected chi connectivity index (χ3v) is 5.98. The summed E-state index contributed by atoms with van der Waals surface area (Å²) in [5, 5.41) is 9.33. The molecule has 1 fully saturated rings. The first kappa shape index (κ1) is 20.4. The number of rotatable bonds is 8. The molecule has 1 saturated carbocycles.